The molecule has 1 fully saturated rings. The van der Waals surface area contributed by atoms with Gasteiger partial charge in [0, 0.05) is 18.5 Å². The lowest BCUT2D eigenvalue weighted by atomic mass is 10.1. The molecule has 1 amide bonds. The van der Waals surface area contributed by atoms with Crippen LogP contribution in [-0.2, 0) is 19.4 Å². The summed E-state index contributed by atoms with van der Waals surface area (Å²) >= 11 is 0. The van der Waals surface area contributed by atoms with Gasteiger partial charge in [0.05, 0.1) is 11.5 Å². The van der Waals surface area contributed by atoms with Crippen molar-refractivity contribution in [2.24, 2.45) is 5.92 Å². The minimum atomic E-state index is -3.15. The number of sulfone groups is 1. The van der Waals surface area contributed by atoms with Gasteiger partial charge >= 0.3 is 5.97 Å². The van der Waals surface area contributed by atoms with Crippen LogP contribution in [0.3, 0.4) is 0 Å². The van der Waals surface area contributed by atoms with Gasteiger partial charge in [0.25, 0.3) is 0 Å². The summed E-state index contributed by atoms with van der Waals surface area (Å²) in [5.41, 5.74) is 0. The zero-order chi connectivity index (χ0) is 14.6. The maximum absolute atomic E-state index is 12.2. The Morgan fingerprint density at radius 2 is 2.11 bits per heavy atom. The number of hydrogen-bond acceptors (Lipinski definition) is 5. The normalized spacial score (nSPS) is 22.9. The van der Waals surface area contributed by atoms with Crippen molar-refractivity contribution in [2.75, 3.05) is 31.6 Å². The number of carboxylic acid groups (broad SMARTS) is 1. The highest BCUT2D eigenvalue weighted by atomic mass is 32.2. The molecule has 2 N–H and O–H groups in total. The number of amides is 1. The topological polar surface area (TPSA) is 104 Å². The summed E-state index contributed by atoms with van der Waals surface area (Å²) in [6, 6.07) is -0.520. The number of hydrogen-bond donors (Lipinski definition) is 2. The minimum Gasteiger partial charge on any atom is -0.480 e. The SMILES string of the molecule is CNCC(C)C(=O)N(CC(=O)O)C1CCS(=O)(=O)C1. The van der Waals surface area contributed by atoms with Crippen LogP contribution in [0.25, 0.3) is 0 Å². The third-order valence-corrected chi connectivity index (χ3v) is 4.92. The van der Waals surface area contributed by atoms with Crippen LogP contribution in [0.1, 0.15) is 13.3 Å². The quantitative estimate of drug-likeness (QED) is 0.647. The van der Waals surface area contributed by atoms with E-state index >= 15 is 0 Å². The molecule has 0 spiro atoms. The molecule has 7 nitrogen and oxygen atoms in total. The second kappa shape index (κ2) is 6.33. The van der Waals surface area contributed by atoms with Gasteiger partial charge in [-0.15, -0.1) is 0 Å². The van der Waals surface area contributed by atoms with Crippen LogP contribution >= 0.6 is 0 Å². The van der Waals surface area contributed by atoms with E-state index in [4.69, 9.17) is 5.11 Å². The largest absolute Gasteiger partial charge is 0.480 e. The Morgan fingerprint density at radius 3 is 2.53 bits per heavy atom. The molecule has 1 rings (SSSR count). The first-order chi connectivity index (χ1) is 8.76. The Hall–Kier alpha value is -1.15. The van der Waals surface area contributed by atoms with E-state index in [1.165, 1.54) is 4.90 Å². The molecule has 0 aromatic rings. The van der Waals surface area contributed by atoms with E-state index in [1.807, 2.05) is 0 Å². The predicted octanol–water partition coefficient (Wildman–Crippen LogP) is -1.06. The maximum Gasteiger partial charge on any atom is 0.323 e. The molecule has 2 unspecified atom stereocenters. The molecular weight excluding hydrogens is 272 g/mol. The summed E-state index contributed by atoms with van der Waals surface area (Å²) < 4.78 is 22.9. The average Bonchev–Trinajstić information content (AvgIpc) is 2.65. The van der Waals surface area contributed by atoms with Gasteiger partial charge in [-0.3, -0.25) is 9.59 Å². The smallest absolute Gasteiger partial charge is 0.323 e. The molecule has 0 aromatic heterocycles. The standard InChI is InChI=1S/C11H20N2O5S/c1-8(5-12-2)11(16)13(6-10(14)15)9-3-4-19(17,18)7-9/h8-9,12H,3-7H2,1-2H3,(H,14,15). The fraction of sp³-hybridized carbons (Fsp3) is 0.818. The molecule has 110 valence electrons. The predicted molar refractivity (Wildman–Crippen MR) is 69.5 cm³/mol. The van der Waals surface area contributed by atoms with E-state index in [0.29, 0.717) is 13.0 Å². The van der Waals surface area contributed by atoms with E-state index in [2.05, 4.69) is 5.32 Å². The summed E-state index contributed by atoms with van der Waals surface area (Å²) in [5.74, 6) is -1.96. The van der Waals surface area contributed by atoms with Crippen LogP contribution < -0.4 is 5.32 Å². The van der Waals surface area contributed by atoms with E-state index < -0.39 is 28.4 Å². The lowest BCUT2D eigenvalue weighted by molar-refractivity contribution is -0.147. The molecule has 0 aliphatic carbocycles. The van der Waals surface area contributed by atoms with Crippen molar-refractivity contribution in [2.45, 2.75) is 19.4 Å². The third kappa shape index (κ3) is 4.46. The summed E-state index contributed by atoms with van der Waals surface area (Å²) in [6.45, 7) is 1.67. The van der Waals surface area contributed by atoms with Crippen LogP contribution in [-0.4, -0.2) is 68.0 Å². The third-order valence-electron chi connectivity index (χ3n) is 3.17. The van der Waals surface area contributed by atoms with E-state index in [-0.39, 0.29) is 23.3 Å². The number of carboxylic acids is 1. The van der Waals surface area contributed by atoms with Crippen LogP contribution in [0.15, 0.2) is 0 Å². The second-order valence-electron chi connectivity index (χ2n) is 4.88. The van der Waals surface area contributed by atoms with Gasteiger partial charge in [0.1, 0.15) is 6.54 Å². The molecular formula is C11H20N2O5S. The molecule has 0 radical (unpaired) electrons. The van der Waals surface area contributed by atoms with Crippen molar-refractivity contribution in [3.63, 3.8) is 0 Å². The number of aliphatic carboxylic acids is 1. The zero-order valence-corrected chi connectivity index (χ0v) is 11.9. The minimum absolute atomic E-state index is 0.0154. The van der Waals surface area contributed by atoms with Gasteiger partial charge in [-0.1, -0.05) is 6.92 Å². The molecule has 0 bridgehead atoms. The van der Waals surface area contributed by atoms with Gasteiger partial charge in [-0.25, -0.2) is 8.42 Å². The lowest BCUT2D eigenvalue weighted by Crippen LogP contribution is -2.47. The number of nitrogens with zero attached hydrogens (tertiary/aromatic N) is 1. The summed E-state index contributed by atoms with van der Waals surface area (Å²) in [6.07, 6.45) is 0.313. The maximum atomic E-state index is 12.2. The molecule has 19 heavy (non-hydrogen) atoms. The molecule has 1 aliphatic heterocycles. The molecule has 0 aromatic carbocycles. The Labute approximate surface area is 112 Å². The molecule has 2 atom stereocenters. The Bertz CT molecular complexity index is 448. The van der Waals surface area contributed by atoms with Gasteiger partial charge in [0.2, 0.25) is 5.91 Å². The average molecular weight is 292 g/mol. The van der Waals surface area contributed by atoms with Crippen molar-refractivity contribution in [3.8, 4) is 0 Å². The first-order valence-electron chi connectivity index (χ1n) is 6.14. The van der Waals surface area contributed by atoms with Gasteiger partial charge < -0.3 is 15.3 Å². The first-order valence-corrected chi connectivity index (χ1v) is 7.96. The van der Waals surface area contributed by atoms with Crippen LogP contribution in [0.2, 0.25) is 0 Å². The fourth-order valence-corrected chi connectivity index (χ4v) is 3.96. The van der Waals surface area contributed by atoms with E-state index in [0.717, 1.165) is 0 Å². The molecule has 1 heterocycles. The summed E-state index contributed by atoms with van der Waals surface area (Å²) in [7, 11) is -1.45. The number of nitrogens with one attached hydrogen (secondary N) is 1. The second-order valence-corrected chi connectivity index (χ2v) is 7.10. The highest BCUT2D eigenvalue weighted by Crippen LogP contribution is 2.19. The molecule has 1 aliphatic rings. The first kappa shape index (κ1) is 15.9. The molecule has 8 heteroatoms. The van der Waals surface area contributed by atoms with Crippen LogP contribution in [0, 0.1) is 5.92 Å². The zero-order valence-electron chi connectivity index (χ0n) is 11.1. The van der Waals surface area contributed by atoms with Crippen LogP contribution in [0.4, 0.5) is 0 Å². The van der Waals surface area contributed by atoms with Gasteiger partial charge in [0.15, 0.2) is 9.84 Å². The van der Waals surface area contributed by atoms with Crippen molar-refractivity contribution >= 4 is 21.7 Å². The highest BCUT2D eigenvalue weighted by molar-refractivity contribution is 7.91. The van der Waals surface area contributed by atoms with Crippen molar-refractivity contribution in [3.05, 3.63) is 0 Å². The monoisotopic (exact) mass is 292 g/mol. The van der Waals surface area contributed by atoms with Crippen molar-refractivity contribution in [1.82, 2.24) is 10.2 Å². The van der Waals surface area contributed by atoms with Gasteiger partial charge in [-0.05, 0) is 13.5 Å². The van der Waals surface area contributed by atoms with Crippen molar-refractivity contribution < 1.29 is 23.1 Å². The highest BCUT2D eigenvalue weighted by Gasteiger charge is 2.36. The van der Waals surface area contributed by atoms with Crippen LogP contribution in [0.5, 0.6) is 0 Å². The Morgan fingerprint density at radius 1 is 1.47 bits per heavy atom. The number of carbonyl (C=O) groups is 2. The summed E-state index contributed by atoms with van der Waals surface area (Å²) in [5, 5.41) is 11.7. The molecule has 1 saturated heterocycles. The Balaban J connectivity index is 2.83. The number of carbonyl (C=O) groups excluding carboxylic acids is 1. The fourth-order valence-electron chi connectivity index (χ4n) is 2.23. The Kier molecular flexibility index (Phi) is 5.30. The van der Waals surface area contributed by atoms with E-state index in [1.54, 1.807) is 14.0 Å². The van der Waals surface area contributed by atoms with Gasteiger partial charge in [-0.2, -0.15) is 0 Å². The van der Waals surface area contributed by atoms with E-state index in [9.17, 15) is 18.0 Å². The van der Waals surface area contributed by atoms with Crippen molar-refractivity contribution in [1.29, 1.82) is 0 Å². The number of rotatable bonds is 6. The molecule has 0 saturated carbocycles. The lowest BCUT2D eigenvalue weighted by Gasteiger charge is -2.29. The summed E-state index contributed by atoms with van der Waals surface area (Å²) in [4.78, 5) is 24.2.